The molecule has 19 heavy (non-hydrogen) atoms. The minimum absolute atomic E-state index is 0.392. The van der Waals surface area contributed by atoms with Crippen LogP contribution in [-0.4, -0.2) is 23.3 Å². The van der Waals surface area contributed by atoms with Gasteiger partial charge < -0.3 is 15.0 Å². The first-order valence-electron chi connectivity index (χ1n) is 7.06. The van der Waals surface area contributed by atoms with Crippen molar-refractivity contribution in [2.75, 3.05) is 13.2 Å². The van der Waals surface area contributed by atoms with Crippen molar-refractivity contribution < 1.29 is 9.26 Å². The van der Waals surface area contributed by atoms with E-state index in [-0.39, 0.29) is 0 Å². The summed E-state index contributed by atoms with van der Waals surface area (Å²) in [7, 11) is 0. The molecule has 0 aliphatic rings. The average Bonchev–Trinajstić information content (AvgIpc) is 2.76. The van der Waals surface area contributed by atoms with Crippen molar-refractivity contribution in [2.45, 2.75) is 53.1 Å². The number of aromatic nitrogens is 2. The molecule has 0 aromatic carbocycles. The van der Waals surface area contributed by atoms with E-state index >= 15 is 0 Å². The van der Waals surface area contributed by atoms with E-state index in [2.05, 4.69) is 24.0 Å². The van der Waals surface area contributed by atoms with E-state index in [0.29, 0.717) is 36.7 Å². The van der Waals surface area contributed by atoms with Crippen LogP contribution >= 0.6 is 0 Å². The van der Waals surface area contributed by atoms with Crippen LogP contribution in [0.5, 0.6) is 0 Å². The Morgan fingerprint density at radius 3 is 2.58 bits per heavy atom. The molecule has 0 aliphatic carbocycles. The molecule has 1 atom stereocenters. The van der Waals surface area contributed by atoms with Gasteiger partial charge in [0.2, 0.25) is 11.7 Å². The topological polar surface area (TPSA) is 74.2 Å². The number of nitrogens with zero attached hydrogens (tertiary/aromatic N) is 2. The van der Waals surface area contributed by atoms with Gasteiger partial charge in [-0.25, -0.2) is 0 Å². The Hall–Kier alpha value is -0.940. The third kappa shape index (κ3) is 4.91. The molecule has 1 aromatic heterocycles. The van der Waals surface area contributed by atoms with Crippen LogP contribution in [0.3, 0.4) is 0 Å². The van der Waals surface area contributed by atoms with Gasteiger partial charge in [0.25, 0.3) is 0 Å². The van der Waals surface area contributed by atoms with Crippen molar-refractivity contribution in [3.05, 3.63) is 11.7 Å². The third-order valence-electron chi connectivity index (χ3n) is 3.11. The molecular formula is C14H27N3O2. The number of nitrogens with two attached hydrogens (primary N) is 1. The van der Waals surface area contributed by atoms with Gasteiger partial charge in [0.05, 0.1) is 0 Å². The second-order valence-corrected chi connectivity index (χ2v) is 5.89. The molecule has 0 bridgehead atoms. The minimum Gasteiger partial charge on any atom is -0.368 e. The summed E-state index contributed by atoms with van der Waals surface area (Å²) in [6, 6.07) is 0. The van der Waals surface area contributed by atoms with E-state index in [4.69, 9.17) is 15.0 Å². The van der Waals surface area contributed by atoms with E-state index in [1.807, 2.05) is 20.8 Å². The van der Waals surface area contributed by atoms with Gasteiger partial charge in [-0.05, 0) is 45.6 Å². The van der Waals surface area contributed by atoms with Crippen molar-refractivity contribution >= 4 is 0 Å². The van der Waals surface area contributed by atoms with Gasteiger partial charge in [0.15, 0.2) is 0 Å². The Bertz CT molecular complexity index is 375. The summed E-state index contributed by atoms with van der Waals surface area (Å²) in [5.74, 6) is 2.27. The van der Waals surface area contributed by atoms with Crippen LogP contribution in [0, 0.1) is 11.8 Å². The molecule has 0 fully saturated rings. The number of hydrogen-bond donors (Lipinski definition) is 1. The fraction of sp³-hybridized carbons (Fsp3) is 0.857. The number of hydrogen-bond acceptors (Lipinski definition) is 5. The van der Waals surface area contributed by atoms with Crippen molar-refractivity contribution in [1.82, 2.24) is 10.1 Å². The second kappa shape index (κ2) is 7.01. The van der Waals surface area contributed by atoms with Crippen molar-refractivity contribution in [1.29, 1.82) is 0 Å². The SMILES string of the molecule is CCOC(C)(C)c1noc(CC(CN)CC(C)C)n1. The Labute approximate surface area is 115 Å². The van der Waals surface area contributed by atoms with Crippen LogP contribution in [-0.2, 0) is 16.8 Å². The van der Waals surface area contributed by atoms with Crippen molar-refractivity contribution in [3.8, 4) is 0 Å². The lowest BCUT2D eigenvalue weighted by molar-refractivity contribution is -0.0221. The van der Waals surface area contributed by atoms with Crippen LogP contribution in [0.1, 0.15) is 52.8 Å². The lowest BCUT2D eigenvalue weighted by Gasteiger charge is -2.19. The summed E-state index contributed by atoms with van der Waals surface area (Å²) in [6.45, 7) is 11.5. The summed E-state index contributed by atoms with van der Waals surface area (Å²) in [6.07, 6.45) is 1.81. The number of ether oxygens (including phenoxy) is 1. The maximum Gasteiger partial charge on any atom is 0.227 e. The zero-order valence-corrected chi connectivity index (χ0v) is 12.8. The standard InChI is InChI=1S/C14H27N3O2/c1-6-18-14(4,5)13-16-12(19-17-13)8-11(9-15)7-10(2)3/h10-11H,6-9,15H2,1-5H3. The van der Waals surface area contributed by atoms with E-state index in [9.17, 15) is 0 Å². The highest BCUT2D eigenvalue weighted by atomic mass is 16.5. The molecule has 0 radical (unpaired) electrons. The molecule has 110 valence electrons. The first-order valence-corrected chi connectivity index (χ1v) is 7.06. The van der Waals surface area contributed by atoms with Gasteiger partial charge in [-0.2, -0.15) is 4.98 Å². The Kier molecular flexibility index (Phi) is 5.94. The molecule has 1 aromatic rings. The average molecular weight is 269 g/mol. The summed E-state index contributed by atoms with van der Waals surface area (Å²) in [5.41, 5.74) is 5.29. The quantitative estimate of drug-likeness (QED) is 0.785. The Morgan fingerprint density at radius 1 is 1.37 bits per heavy atom. The van der Waals surface area contributed by atoms with Crippen molar-refractivity contribution in [3.63, 3.8) is 0 Å². The predicted octanol–water partition coefficient (Wildman–Crippen LogP) is 2.50. The first kappa shape index (κ1) is 16.1. The fourth-order valence-electron chi connectivity index (χ4n) is 2.18. The first-order chi connectivity index (χ1) is 8.89. The van der Waals surface area contributed by atoms with Gasteiger partial charge in [0, 0.05) is 13.0 Å². The van der Waals surface area contributed by atoms with E-state index in [1.165, 1.54) is 0 Å². The molecule has 1 unspecified atom stereocenters. The second-order valence-electron chi connectivity index (χ2n) is 5.89. The monoisotopic (exact) mass is 269 g/mol. The van der Waals surface area contributed by atoms with Gasteiger partial charge in [0.1, 0.15) is 5.60 Å². The molecule has 1 heterocycles. The Balaban J connectivity index is 2.68. The molecule has 0 saturated heterocycles. The summed E-state index contributed by atoms with van der Waals surface area (Å²) >= 11 is 0. The fourth-order valence-corrected chi connectivity index (χ4v) is 2.18. The van der Waals surface area contributed by atoms with Crippen molar-refractivity contribution in [2.24, 2.45) is 17.6 Å². The highest BCUT2D eigenvalue weighted by Crippen LogP contribution is 2.23. The predicted molar refractivity (Wildman–Crippen MR) is 74.7 cm³/mol. The van der Waals surface area contributed by atoms with Crippen LogP contribution in [0.25, 0.3) is 0 Å². The highest BCUT2D eigenvalue weighted by molar-refractivity contribution is 4.98. The van der Waals surface area contributed by atoms with E-state index < -0.39 is 5.60 Å². The molecule has 0 saturated carbocycles. The Morgan fingerprint density at radius 2 is 2.05 bits per heavy atom. The smallest absolute Gasteiger partial charge is 0.227 e. The number of rotatable bonds is 8. The lowest BCUT2D eigenvalue weighted by atomic mass is 9.94. The third-order valence-corrected chi connectivity index (χ3v) is 3.11. The van der Waals surface area contributed by atoms with Crippen LogP contribution in [0.4, 0.5) is 0 Å². The van der Waals surface area contributed by atoms with Crippen LogP contribution < -0.4 is 5.73 Å². The van der Waals surface area contributed by atoms with Gasteiger partial charge >= 0.3 is 0 Å². The maximum atomic E-state index is 5.79. The van der Waals surface area contributed by atoms with Gasteiger partial charge in [-0.3, -0.25) is 0 Å². The molecule has 0 aliphatic heterocycles. The molecule has 0 spiro atoms. The lowest BCUT2D eigenvalue weighted by Crippen LogP contribution is -2.23. The molecule has 2 N–H and O–H groups in total. The summed E-state index contributed by atoms with van der Waals surface area (Å²) in [4.78, 5) is 4.44. The van der Waals surface area contributed by atoms with Crippen LogP contribution in [0.2, 0.25) is 0 Å². The van der Waals surface area contributed by atoms with E-state index in [0.717, 1.165) is 12.8 Å². The zero-order chi connectivity index (χ0) is 14.5. The largest absolute Gasteiger partial charge is 0.368 e. The molecule has 1 rings (SSSR count). The summed E-state index contributed by atoms with van der Waals surface area (Å²) in [5, 5.41) is 4.02. The van der Waals surface area contributed by atoms with Crippen LogP contribution in [0.15, 0.2) is 4.52 Å². The zero-order valence-electron chi connectivity index (χ0n) is 12.8. The highest BCUT2D eigenvalue weighted by Gasteiger charge is 2.27. The molecule has 5 heteroatoms. The maximum absolute atomic E-state index is 5.79. The molecule has 0 amide bonds. The van der Waals surface area contributed by atoms with Gasteiger partial charge in [-0.15, -0.1) is 0 Å². The molecule has 5 nitrogen and oxygen atoms in total. The normalized spacial score (nSPS) is 14.1. The summed E-state index contributed by atoms with van der Waals surface area (Å²) < 4.78 is 10.9. The minimum atomic E-state index is -0.507. The van der Waals surface area contributed by atoms with E-state index in [1.54, 1.807) is 0 Å². The molecular weight excluding hydrogens is 242 g/mol. The van der Waals surface area contributed by atoms with Gasteiger partial charge in [-0.1, -0.05) is 19.0 Å².